The molecule has 0 bridgehead atoms. The number of unbranched alkanes of at least 4 members (excludes halogenated alkanes) is 2. The van der Waals surface area contributed by atoms with Crippen molar-refractivity contribution in [1.29, 1.82) is 0 Å². The van der Waals surface area contributed by atoms with Gasteiger partial charge in [-0.25, -0.2) is 0 Å². The lowest BCUT2D eigenvalue weighted by molar-refractivity contribution is -0.871. The van der Waals surface area contributed by atoms with E-state index in [1.807, 2.05) is 39.3 Å². The van der Waals surface area contributed by atoms with Crippen molar-refractivity contribution in [1.82, 2.24) is 5.32 Å². The van der Waals surface area contributed by atoms with Crippen LogP contribution in [0.15, 0.2) is 30.3 Å². The molecule has 24 heavy (non-hydrogen) atoms. The molecule has 5 nitrogen and oxygen atoms in total. The lowest BCUT2D eigenvalue weighted by atomic mass is 10.1. The first kappa shape index (κ1) is 20.2. The summed E-state index contributed by atoms with van der Waals surface area (Å²) < 4.78 is 0.593. The molecule has 0 saturated heterocycles. The van der Waals surface area contributed by atoms with E-state index in [2.05, 4.69) is 17.4 Å². The van der Waals surface area contributed by atoms with Crippen molar-refractivity contribution < 1.29 is 19.2 Å². The largest absolute Gasteiger partial charge is 0.550 e. The zero-order valence-corrected chi connectivity index (χ0v) is 15.1. The van der Waals surface area contributed by atoms with Gasteiger partial charge in [0.05, 0.1) is 33.7 Å². The van der Waals surface area contributed by atoms with Crippen LogP contribution in [0.5, 0.6) is 0 Å². The maximum Gasteiger partial charge on any atom is 0.220 e. The van der Waals surface area contributed by atoms with Crippen LogP contribution in [0.2, 0.25) is 0 Å². The maximum atomic E-state index is 12.0. The average molecular weight is 334 g/mol. The van der Waals surface area contributed by atoms with Crippen LogP contribution in [0.1, 0.15) is 37.7 Å². The summed E-state index contributed by atoms with van der Waals surface area (Å²) in [6, 6.07) is 9.92. The quantitative estimate of drug-likeness (QED) is 0.487. The Labute approximate surface area is 145 Å². The molecule has 0 heterocycles. The fourth-order valence-electron chi connectivity index (χ4n) is 2.76. The highest BCUT2D eigenvalue weighted by Crippen LogP contribution is 2.08. The van der Waals surface area contributed by atoms with Gasteiger partial charge in [-0.1, -0.05) is 36.8 Å². The molecule has 0 aliphatic heterocycles. The predicted octanol–water partition coefficient (Wildman–Crippen LogP) is 1.12. The monoisotopic (exact) mass is 334 g/mol. The lowest BCUT2D eigenvalue weighted by Gasteiger charge is -2.30. The fraction of sp³-hybridized carbons (Fsp3) is 0.579. The van der Waals surface area contributed by atoms with Crippen molar-refractivity contribution in [3.63, 3.8) is 0 Å². The number of likely N-dealkylation sites (N-methyl/N-ethyl adjacent to an activating group) is 1. The SMILES string of the molecule is C[N+](C)(C)CC(CC(=O)[O-])NC(=O)CCCCCc1ccccc1. The van der Waals surface area contributed by atoms with Gasteiger partial charge >= 0.3 is 0 Å². The highest BCUT2D eigenvalue weighted by atomic mass is 16.4. The molecule has 0 radical (unpaired) electrons. The summed E-state index contributed by atoms with van der Waals surface area (Å²) in [6.45, 7) is 0.563. The lowest BCUT2D eigenvalue weighted by Crippen LogP contribution is -2.50. The number of hydrogen-bond acceptors (Lipinski definition) is 3. The highest BCUT2D eigenvalue weighted by molar-refractivity contribution is 5.77. The summed E-state index contributed by atoms with van der Waals surface area (Å²) in [5.41, 5.74) is 1.32. The molecule has 1 amide bonds. The van der Waals surface area contributed by atoms with Crippen LogP contribution in [0.3, 0.4) is 0 Å². The third-order valence-electron chi connectivity index (χ3n) is 3.76. The second-order valence-electron chi connectivity index (χ2n) is 7.36. The first-order valence-corrected chi connectivity index (χ1v) is 8.60. The number of aryl methyl sites for hydroxylation is 1. The number of aliphatic carboxylic acids is 1. The molecule has 0 aliphatic carbocycles. The number of carboxylic acids is 1. The number of quaternary nitrogens is 1. The van der Waals surface area contributed by atoms with E-state index in [4.69, 9.17) is 0 Å². The minimum atomic E-state index is -1.13. The van der Waals surface area contributed by atoms with E-state index in [9.17, 15) is 14.7 Å². The normalized spacial score (nSPS) is 12.6. The van der Waals surface area contributed by atoms with Crippen LogP contribution in [0.25, 0.3) is 0 Å². The van der Waals surface area contributed by atoms with Crippen LogP contribution in [0, 0.1) is 0 Å². The van der Waals surface area contributed by atoms with Crippen LogP contribution >= 0.6 is 0 Å². The molecule has 5 heteroatoms. The molecule has 0 aromatic heterocycles. The topological polar surface area (TPSA) is 69.2 Å². The molecule has 1 N–H and O–H groups in total. The van der Waals surface area contributed by atoms with Crippen molar-refractivity contribution in [2.75, 3.05) is 27.7 Å². The number of nitrogens with zero attached hydrogens (tertiary/aromatic N) is 1. The zero-order chi connectivity index (χ0) is 18.0. The molecule has 0 aliphatic rings. The molecule has 0 spiro atoms. The average Bonchev–Trinajstić information content (AvgIpc) is 2.45. The fourth-order valence-corrected chi connectivity index (χ4v) is 2.76. The van der Waals surface area contributed by atoms with Crippen LogP contribution in [0.4, 0.5) is 0 Å². The van der Waals surface area contributed by atoms with Crippen molar-refractivity contribution in [3.05, 3.63) is 35.9 Å². The number of nitrogens with one attached hydrogen (secondary N) is 1. The van der Waals surface area contributed by atoms with Gasteiger partial charge in [-0.3, -0.25) is 4.79 Å². The Hall–Kier alpha value is -1.88. The minimum absolute atomic E-state index is 0.0746. The summed E-state index contributed by atoms with van der Waals surface area (Å²) in [7, 11) is 5.91. The Morgan fingerprint density at radius 2 is 1.75 bits per heavy atom. The summed E-state index contributed by atoms with van der Waals surface area (Å²) in [6.07, 6.45) is 4.19. The number of carbonyl (C=O) groups excluding carboxylic acids is 2. The van der Waals surface area contributed by atoms with Crippen LogP contribution in [-0.2, 0) is 16.0 Å². The van der Waals surface area contributed by atoms with E-state index in [0.717, 1.165) is 25.7 Å². The number of rotatable bonds is 11. The first-order chi connectivity index (χ1) is 11.3. The minimum Gasteiger partial charge on any atom is -0.550 e. The highest BCUT2D eigenvalue weighted by Gasteiger charge is 2.20. The maximum absolute atomic E-state index is 12.0. The molecular formula is C19H30N2O3. The molecule has 0 saturated carbocycles. The van der Waals surface area contributed by atoms with Gasteiger partial charge in [0.2, 0.25) is 5.91 Å². The molecule has 1 rings (SSSR count). The van der Waals surface area contributed by atoms with Crippen molar-refractivity contribution in [2.45, 2.75) is 44.6 Å². The predicted molar refractivity (Wildman–Crippen MR) is 93.1 cm³/mol. The van der Waals surface area contributed by atoms with E-state index < -0.39 is 5.97 Å². The van der Waals surface area contributed by atoms with Gasteiger partial charge in [0.1, 0.15) is 0 Å². The Morgan fingerprint density at radius 3 is 2.33 bits per heavy atom. The van der Waals surface area contributed by atoms with E-state index in [1.54, 1.807) is 0 Å². The van der Waals surface area contributed by atoms with Crippen LogP contribution in [-0.4, -0.2) is 50.1 Å². The van der Waals surface area contributed by atoms with E-state index >= 15 is 0 Å². The second kappa shape index (κ2) is 10.1. The van der Waals surface area contributed by atoms with E-state index in [1.165, 1.54) is 5.56 Å². The number of carboxylic acid groups (broad SMARTS) is 1. The van der Waals surface area contributed by atoms with Crippen LogP contribution < -0.4 is 10.4 Å². The van der Waals surface area contributed by atoms with Gasteiger partial charge in [0, 0.05) is 18.8 Å². The van der Waals surface area contributed by atoms with E-state index in [0.29, 0.717) is 17.4 Å². The molecule has 1 atom stereocenters. The standard InChI is InChI=1S/C19H30N2O3/c1-21(2,3)15-17(14-19(23)24)20-18(22)13-9-5-8-12-16-10-6-4-7-11-16/h4,6-7,10-11,17H,5,8-9,12-15H2,1-3H3,(H-,20,22,23,24). The zero-order valence-electron chi connectivity index (χ0n) is 15.1. The third-order valence-corrected chi connectivity index (χ3v) is 3.76. The number of carbonyl (C=O) groups is 2. The van der Waals surface area contributed by atoms with Gasteiger partial charge in [-0.05, 0) is 24.8 Å². The first-order valence-electron chi connectivity index (χ1n) is 8.60. The number of hydrogen-bond donors (Lipinski definition) is 1. The summed E-state index contributed by atoms with van der Waals surface area (Å²) >= 11 is 0. The van der Waals surface area contributed by atoms with Crippen molar-refractivity contribution in [3.8, 4) is 0 Å². The Bertz CT molecular complexity index is 509. The summed E-state index contributed by atoms with van der Waals surface area (Å²) in [4.78, 5) is 22.9. The van der Waals surface area contributed by atoms with E-state index in [-0.39, 0.29) is 18.4 Å². The summed E-state index contributed by atoms with van der Waals surface area (Å²) in [5.74, 6) is -1.20. The van der Waals surface area contributed by atoms with Crippen molar-refractivity contribution in [2.24, 2.45) is 0 Å². The molecule has 1 aromatic rings. The smallest absolute Gasteiger partial charge is 0.220 e. The van der Waals surface area contributed by atoms with Gasteiger partial charge in [-0.15, -0.1) is 0 Å². The number of benzene rings is 1. The Balaban J connectivity index is 2.26. The second-order valence-corrected chi connectivity index (χ2v) is 7.36. The van der Waals surface area contributed by atoms with Crippen molar-refractivity contribution >= 4 is 11.9 Å². The molecule has 1 aromatic carbocycles. The van der Waals surface area contributed by atoms with Gasteiger partial charge in [0.15, 0.2) is 0 Å². The molecular weight excluding hydrogens is 304 g/mol. The molecule has 0 fully saturated rings. The van der Waals surface area contributed by atoms with Gasteiger partial charge in [-0.2, -0.15) is 0 Å². The molecule has 1 unspecified atom stereocenters. The molecule has 134 valence electrons. The van der Waals surface area contributed by atoms with Gasteiger partial charge in [0.25, 0.3) is 0 Å². The summed E-state index contributed by atoms with van der Waals surface area (Å²) in [5, 5.41) is 13.7. The van der Waals surface area contributed by atoms with Gasteiger partial charge < -0.3 is 19.7 Å². The Kier molecular flexibility index (Phi) is 8.47. The number of amides is 1. The Morgan fingerprint density at radius 1 is 1.08 bits per heavy atom. The third kappa shape index (κ3) is 10.0.